The van der Waals surface area contributed by atoms with Crippen molar-refractivity contribution in [3.63, 3.8) is 0 Å². The molecule has 1 amide bonds. The number of hydrogen-bond donors (Lipinski definition) is 2. The molecule has 7 nitrogen and oxygen atoms in total. The third-order valence-corrected chi connectivity index (χ3v) is 3.13. The average molecular weight is 354 g/mol. The lowest BCUT2D eigenvalue weighted by Crippen LogP contribution is -2.17. The Morgan fingerprint density at radius 3 is 2.64 bits per heavy atom. The van der Waals surface area contributed by atoms with Crippen molar-refractivity contribution >= 4 is 23.0 Å². The van der Waals surface area contributed by atoms with E-state index in [1.807, 2.05) is 0 Å². The molecule has 1 aromatic carbocycles. The molecular formula is C15H13F3N4O3. The molecule has 10 heteroatoms. The van der Waals surface area contributed by atoms with Gasteiger partial charge in [-0.15, -0.1) is 0 Å². The molecule has 1 aromatic heterocycles. The maximum atomic E-state index is 12.6. The van der Waals surface area contributed by atoms with Crippen LogP contribution in [0.15, 0.2) is 42.7 Å². The summed E-state index contributed by atoms with van der Waals surface area (Å²) in [5.74, 6) is -0.366. The van der Waals surface area contributed by atoms with E-state index in [4.69, 9.17) is 0 Å². The van der Waals surface area contributed by atoms with Crippen LogP contribution in [0.3, 0.4) is 0 Å². The molecule has 1 heterocycles. The van der Waals surface area contributed by atoms with Crippen LogP contribution in [0.25, 0.3) is 0 Å². The molecule has 2 aromatic rings. The zero-order valence-corrected chi connectivity index (χ0v) is 12.7. The topological polar surface area (TPSA) is 97.2 Å². The standard InChI is InChI=1S/C15H13F3N4O3/c16-15(17,18)10-3-4-12(13(8-10)22(24)25)20-7-5-14(23)21-11-2-1-6-19-9-11/h1-4,6,8-9,20H,5,7H2,(H,21,23). The van der Waals surface area contributed by atoms with Gasteiger partial charge in [0.05, 0.1) is 22.4 Å². The van der Waals surface area contributed by atoms with Crippen LogP contribution in [0.2, 0.25) is 0 Å². The first kappa shape index (κ1) is 18.2. The van der Waals surface area contributed by atoms with Crippen molar-refractivity contribution in [3.8, 4) is 0 Å². The summed E-state index contributed by atoms with van der Waals surface area (Å²) in [6, 6.07) is 5.45. The van der Waals surface area contributed by atoms with Crippen molar-refractivity contribution in [3.05, 3.63) is 58.4 Å². The smallest absolute Gasteiger partial charge is 0.379 e. The second kappa shape index (κ2) is 7.60. The number of aromatic nitrogens is 1. The average Bonchev–Trinajstić information content (AvgIpc) is 2.54. The third kappa shape index (κ3) is 5.16. The number of halogens is 3. The fourth-order valence-electron chi connectivity index (χ4n) is 1.98. The number of amides is 1. The number of pyridine rings is 1. The van der Waals surface area contributed by atoms with Gasteiger partial charge in [-0.1, -0.05) is 0 Å². The Morgan fingerprint density at radius 2 is 2.04 bits per heavy atom. The molecule has 0 aliphatic rings. The first-order chi connectivity index (χ1) is 11.8. The number of alkyl halides is 3. The largest absolute Gasteiger partial charge is 0.416 e. The van der Waals surface area contributed by atoms with Gasteiger partial charge in [-0.05, 0) is 24.3 Å². The number of nitro benzene ring substituents is 1. The number of nitrogens with zero attached hydrogens (tertiary/aromatic N) is 2. The minimum absolute atomic E-state index is 0.0122. The second-order valence-corrected chi connectivity index (χ2v) is 4.95. The lowest BCUT2D eigenvalue weighted by Gasteiger charge is -2.10. The molecule has 0 unspecified atom stereocenters. The van der Waals surface area contributed by atoms with Crippen molar-refractivity contribution in [2.45, 2.75) is 12.6 Å². The summed E-state index contributed by atoms with van der Waals surface area (Å²) in [5, 5.41) is 16.1. The van der Waals surface area contributed by atoms with Gasteiger partial charge in [-0.3, -0.25) is 19.9 Å². The fraction of sp³-hybridized carbons (Fsp3) is 0.200. The molecule has 0 aliphatic carbocycles. The van der Waals surface area contributed by atoms with E-state index in [1.165, 1.54) is 6.20 Å². The Morgan fingerprint density at radius 1 is 1.28 bits per heavy atom. The number of benzene rings is 1. The van der Waals surface area contributed by atoms with E-state index in [0.29, 0.717) is 11.8 Å². The summed E-state index contributed by atoms with van der Waals surface area (Å²) in [6.07, 6.45) is -1.72. The molecule has 0 fully saturated rings. The maximum absolute atomic E-state index is 12.6. The number of rotatable bonds is 6. The quantitative estimate of drug-likeness (QED) is 0.612. The minimum atomic E-state index is -4.67. The van der Waals surface area contributed by atoms with Crippen molar-refractivity contribution in [1.82, 2.24) is 4.98 Å². The third-order valence-electron chi connectivity index (χ3n) is 3.13. The van der Waals surface area contributed by atoms with Crippen LogP contribution in [-0.2, 0) is 11.0 Å². The van der Waals surface area contributed by atoms with E-state index in [1.54, 1.807) is 18.3 Å². The molecular weight excluding hydrogens is 341 g/mol. The van der Waals surface area contributed by atoms with Gasteiger partial charge in [0.15, 0.2) is 0 Å². The molecule has 0 saturated carbocycles. The summed E-state index contributed by atoms with van der Waals surface area (Å²) >= 11 is 0. The Hall–Kier alpha value is -3.17. The summed E-state index contributed by atoms with van der Waals surface area (Å²) in [5.41, 5.74) is -1.42. The van der Waals surface area contributed by atoms with Gasteiger partial charge >= 0.3 is 6.18 Å². The lowest BCUT2D eigenvalue weighted by atomic mass is 10.1. The van der Waals surface area contributed by atoms with Gasteiger partial charge in [0, 0.05) is 25.2 Å². The summed E-state index contributed by atoms with van der Waals surface area (Å²) in [4.78, 5) is 25.6. The van der Waals surface area contributed by atoms with Crippen molar-refractivity contribution in [2.24, 2.45) is 0 Å². The highest BCUT2D eigenvalue weighted by molar-refractivity contribution is 5.90. The van der Waals surface area contributed by atoms with Crippen molar-refractivity contribution < 1.29 is 22.9 Å². The maximum Gasteiger partial charge on any atom is 0.416 e. The SMILES string of the molecule is O=C(CCNc1ccc(C(F)(F)F)cc1[N+](=O)[O-])Nc1cccnc1. The Balaban J connectivity index is 1.98. The molecule has 2 rings (SSSR count). The van der Waals surface area contributed by atoms with E-state index < -0.39 is 22.4 Å². The van der Waals surface area contributed by atoms with Crippen molar-refractivity contribution in [1.29, 1.82) is 0 Å². The molecule has 132 valence electrons. The van der Waals surface area contributed by atoms with Crippen LogP contribution in [0.5, 0.6) is 0 Å². The minimum Gasteiger partial charge on any atom is -0.379 e. The normalized spacial score (nSPS) is 11.0. The van der Waals surface area contributed by atoms with Gasteiger partial charge in [-0.2, -0.15) is 13.2 Å². The molecule has 0 saturated heterocycles. The molecule has 0 bridgehead atoms. The fourth-order valence-corrected chi connectivity index (χ4v) is 1.98. The highest BCUT2D eigenvalue weighted by Crippen LogP contribution is 2.34. The van der Waals surface area contributed by atoms with Gasteiger partial charge in [0.1, 0.15) is 5.69 Å². The first-order valence-corrected chi connectivity index (χ1v) is 7.07. The highest BCUT2D eigenvalue weighted by atomic mass is 19.4. The van der Waals surface area contributed by atoms with Gasteiger partial charge in [-0.25, -0.2) is 0 Å². The predicted octanol–water partition coefficient (Wildman–Crippen LogP) is 3.45. The summed E-state index contributed by atoms with van der Waals surface area (Å²) < 4.78 is 37.9. The highest BCUT2D eigenvalue weighted by Gasteiger charge is 2.33. The molecule has 0 radical (unpaired) electrons. The van der Waals surface area contributed by atoms with Crippen molar-refractivity contribution in [2.75, 3.05) is 17.2 Å². The molecule has 0 atom stereocenters. The number of hydrogen-bond acceptors (Lipinski definition) is 5. The molecule has 25 heavy (non-hydrogen) atoms. The Kier molecular flexibility index (Phi) is 5.52. The molecule has 0 aliphatic heterocycles. The number of anilines is 2. The summed E-state index contributed by atoms with van der Waals surface area (Å²) in [7, 11) is 0. The van der Waals surface area contributed by atoms with Gasteiger partial charge < -0.3 is 10.6 Å². The predicted molar refractivity (Wildman–Crippen MR) is 84.1 cm³/mol. The zero-order valence-electron chi connectivity index (χ0n) is 12.7. The number of carbonyl (C=O) groups is 1. The van der Waals surface area contributed by atoms with E-state index in [2.05, 4.69) is 15.6 Å². The van der Waals surface area contributed by atoms with Crippen LogP contribution in [0.1, 0.15) is 12.0 Å². The van der Waals surface area contributed by atoms with E-state index in [9.17, 15) is 28.1 Å². The summed E-state index contributed by atoms with van der Waals surface area (Å²) in [6.45, 7) is 0.0122. The van der Waals surface area contributed by atoms with Crippen LogP contribution >= 0.6 is 0 Å². The van der Waals surface area contributed by atoms with Crippen LogP contribution in [0, 0.1) is 10.1 Å². The Labute approximate surface area is 140 Å². The molecule has 0 spiro atoms. The number of nitrogens with one attached hydrogen (secondary N) is 2. The van der Waals surface area contributed by atoms with Gasteiger partial charge in [0.2, 0.25) is 5.91 Å². The van der Waals surface area contributed by atoms with Crippen LogP contribution in [-0.4, -0.2) is 22.4 Å². The van der Waals surface area contributed by atoms with Crippen LogP contribution < -0.4 is 10.6 Å². The second-order valence-electron chi connectivity index (χ2n) is 4.95. The number of nitro groups is 1. The van der Waals surface area contributed by atoms with E-state index in [-0.39, 0.29) is 24.6 Å². The van der Waals surface area contributed by atoms with Gasteiger partial charge in [0.25, 0.3) is 5.69 Å². The lowest BCUT2D eigenvalue weighted by molar-refractivity contribution is -0.384. The molecule has 2 N–H and O–H groups in total. The van der Waals surface area contributed by atoms with Crippen LogP contribution in [0.4, 0.5) is 30.2 Å². The van der Waals surface area contributed by atoms with E-state index >= 15 is 0 Å². The number of carbonyl (C=O) groups excluding carboxylic acids is 1. The van der Waals surface area contributed by atoms with E-state index in [0.717, 1.165) is 12.1 Å². The Bertz CT molecular complexity index is 766. The monoisotopic (exact) mass is 354 g/mol. The zero-order chi connectivity index (χ0) is 18.4. The first-order valence-electron chi connectivity index (χ1n) is 7.07.